The van der Waals surface area contributed by atoms with Gasteiger partial charge in [-0.2, -0.15) is 11.8 Å². The van der Waals surface area contributed by atoms with Crippen molar-refractivity contribution in [1.29, 1.82) is 0 Å². The molecule has 1 rings (SSSR count). The van der Waals surface area contributed by atoms with E-state index in [4.69, 9.17) is 0 Å². The van der Waals surface area contributed by atoms with Gasteiger partial charge in [0, 0.05) is 24.6 Å². The minimum absolute atomic E-state index is 0.260. The van der Waals surface area contributed by atoms with E-state index in [0.717, 1.165) is 31.0 Å². The number of rotatable bonds is 7. The zero-order valence-electron chi connectivity index (χ0n) is 11.0. The summed E-state index contributed by atoms with van der Waals surface area (Å²) in [5.41, 5.74) is 0. The van der Waals surface area contributed by atoms with Crippen molar-refractivity contribution in [3.63, 3.8) is 0 Å². The van der Waals surface area contributed by atoms with Gasteiger partial charge in [-0.3, -0.25) is 9.69 Å². The van der Waals surface area contributed by atoms with E-state index in [2.05, 4.69) is 18.7 Å². The number of carboxylic acids is 1. The normalized spacial score (nSPS) is 23.5. The van der Waals surface area contributed by atoms with E-state index in [-0.39, 0.29) is 6.04 Å². The van der Waals surface area contributed by atoms with Crippen LogP contribution < -0.4 is 0 Å². The second-order valence-corrected chi connectivity index (χ2v) is 5.99. The molecule has 0 aromatic heterocycles. The van der Waals surface area contributed by atoms with Crippen LogP contribution in [0.4, 0.5) is 0 Å². The number of carbonyl (C=O) groups is 1. The molecule has 4 heteroatoms. The maximum Gasteiger partial charge on any atom is 0.321 e. The summed E-state index contributed by atoms with van der Waals surface area (Å²) < 4.78 is 0. The number of unbranched alkanes of at least 4 members (excludes halogenated alkanes) is 1. The van der Waals surface area contributed by atoms with Gasteiger partial charge in [0.25, 0.3) is 0 Å². The fraction of sp³-hybridized carbons (Fsp3) is 0.923. The largest absolute Gasteiger partial charge is 0.480 e. The highest BCUT2D eigenvalue weighted by atomic mass is 32.2. The minimum Gasteiger partial charge on any atom is -0.480 e. The average molecular weight is 259 g/mol. The Labute approximate surface area is 109 Å². The lowest BCUT2D eigenvalue weighted by molar-refractivity contribution is -0.142. The van der Waals surface area contributed by atoms with Crippen molar-refractivity contribution in [2.24, 2.45) is 5.92 Å². The Morgan fingerprint density at radius 2 is 2.29 bits per heavy atom. The lowest BCUT2D eigenvalue weighted by atomic mass is 9.98. The van der Waals surface area contributed by atoms with Crippen molar-refractivity contribution < 1.29 is 9.90 Å². The van der Waals surface area contributed by atoms with Crippen molar-refractivity contribution in [2.45, 2.75) is 45.6 Å². The molecular weight excluding hydrogens is 234 g/mol. The van der Waals surface area contributed by atoms with Gasteiger partial charge in [0.1, 0.15) is 6.04 Å². The lowest BCUT2D eigenvalue weighted by Gasteiger charge is -2.35. The summed E-state index contributed by atoms with van der Waals surface area (Å²) in [7, 11) is 0. The Hall–Kier alpha value is -0.220. The van der Waals surface area contributed by atoms with E-state index >= 15 is 0 Å². The first-order valence-corrected chi connectivity index (χ1v) is 7.89. The van der Waals surface area contributed by atoms with Crippen LogP contribution in [0.2, 0.25) is 0 Å². The predicted molar refractivity (Wildman–Crippen MR) is 73.6 cm³/mol. The molecule has 0 aromatic carbocycles. The minimum atomic E-state index is -0.650. The van der Waals surface area contributed by atoms with E-state index in [1.807, 2.05) is 0 Å². The highest BCUT2D eigenvalue weighted by Crippen LogP contribution is 2.21. The molecule has 0 saturated carbocycles. The van der Waals surface area contributed by atoms with Crippen LogP contribution in [0.25, 0.3) is 0 Å². The molecule has 0 amide bonds. The van der Waals surface area contributed by atoms with Gasteiger partial charge in [0.05, 0.1) is 0 Å². The number of carboxylic acid groups (broad SMARTS) is 1. The lowest BCUT2D eigenvalue weighted by Crippen LogP contribution is -2.49. The van der Waals surface area contributed by atoms with E-state index < -0.39 is 5.97 Å². The Bertz CT molecular complexity index is 235. The SMILES string of the molecule is CCCCC(CC)CN1CCSCC1C(=O)O. The Morgan fingerprint density at radius 1 is 1.53 bits per heavy atom. The number of thioether (sulfide) groups is 1. The van der Waals surface area contributed by atoms with Gasteiger partial charge >= 0.3 is 5.97 Å². The van der Waals surface area contributed by atoms with Crippen molar-refractivity contribution in [2.75, 3.05) is 24.6 Å². The van der Waals surface area contributed by atoms with Gasteiger partial charge in [-0.1, -0.05) is 33.1 Å². The van der Waals surface area contributed by atoms with Gasteiger partial charge in [-0.05, 0) is 12.3 Å². The third kappa shape index (κ3) is 4.88. The van der Waals surface area contributed by atoms with Crippen LogP contribution in [-0.2, 0) is 4.79 Å². The molecule has 0 spiro atoms. The number of hydrogen-bond donors (Lipinski definition) is 1. The zero-order chi connectivity index (χ0) is 12.7. The second kappa shape index (κ2) is 7.98. The van der Waals surface area contributed by atoms with E-state index in [1.54, 1.807) is 11.8 Å². The van der Waals surface area contributed by atoms with Crippen molar-refractivity contribution >= 4 is 17.7 Å². The van der Waals surface area contributed by atoms with Gasteiger partial charge in [0.2, 0.25) is 0 Å². The number of hydrogen-bond acceptors (Lipinski definition) is 3. The molecule has 1 saturated heterocycles. The van der Waals surface area contributed by atoms with E-state index in [0.29, 0.717) is 5.92 Å². The Morgan fingerprint density at radius 3 is 2.88 bits per heavy atom. The maximum atomic E-state index is 11.2. The zero-order valence-corrected chi connectivity index (χ0v) is 11.8. The number of aliphatic carboxylic acids is 1. The smallest absolute Gasteiger partial charge is 0.321 e. The molecule has 1 aliphatic rings. The highest BCUT2D eigenvalue weighted by Gasteiger charge is 2.29. The Balaban J connectivity index is 2.47. The van der Waals surface area contributed by atoms with Gasteiger partial charge in [0.15, 0.2) is 0 Å². The fourth-order valence-electron chi connectivity index (χ4n) is 2.33. The third-order valence-electron chi connectivity index (χ3n) is 3.56. The standard InChI is InChI=1S/C13H25NO2S/c1-3-5-6-11(4-2)9-14-7-8-17-10-12(14)13(15)16/h11-12H,3-10H2,1-2H3,(H,15,16). The predicted octanol–water partition coefficient (Wildman–Crippen LogP) is 2.70. The van der Waals surface area contributed by atoms with Crippen LogP contribution in [0.1, 0.15) is 39.5 Å². The van der Waals surface area contributed by atoms with Crippen LogP contribution in [0.5, 0.6) is 0 Å². The molecule has 3 nitrogen and oxygen atoms in total. The molecule has 1 aliphatic heterocycles. The van der Waals surface area contributed by atoms with Crippen LogP contribution >= 0.6 is 11.8 Å². The van der Waals surface area contributed by atoms with Crippen LogP contribution in [0, 0.1) is 5.92 Å². The average Bonchev–Trinajstić information content (AvgIpc) is 2.34. The molecule has 100 valence electrons. The quantitative estimate of drug-likeness (QED) is 0.763. The first-order chi connectivity index (χ1) is 8.19. The van der Waals surface area contributed by atoms with Crippen molar-refractivity contribution in [1.82, 2.24) is 4.90 Å². The maximum absolute atomic E-state index is 11.2. The monoisotopic (exact) mass is 259 g/mol. The summed E-state index contributed by atoms with van der Waals surface area (Å²) in [6.07, 6.45) is 4.90. The topological polar surface area (TPSA) is 40.5 Å². The van der Waals surface area contributed by atoms with Crippen LogP contribution in [0.15, 0.2) is 0 Å². The second-order valence-electron chi connectivity index (χ2n) is 4.84. The van der Waals surface area contributed by atoms with E-state index in [9.17, 15) is 9.90 Å². The van der Waals surface area contributed by atoms with E-state index in [1.165, 1.54) is 19.3 Å². The number of nitrogens with zero attached hydrogens (tertiary/aromatic N) is 1. The third-order valence-corrected chi connectivity index (χ3v) is 4.58. The van der Waals surface area contributed by atoms with Gasteiger partial charge in [-0.25, -0.2) is 0 Å². The molecule has 1 N–H and O–H groups in total. The fourth-order valence-corrected chi connectivity index (χ4v) is 3.44. The first-order valence-electron chi connectivity index (χ1n) is 6.73. The van der Waals surface area contributed by atoms with Gasteiger partial charge in [-0.15, -0.1) is 0 Å². The molecule has 0 radical (unpaired) electrons. The molecule has 17 heavy (non-hydrogen) atoms. The van der Waals surface area contributed by atoms with Crippen LogP contribution in [0.3, 0.4) is 0 Å². The van der Waals surface area contributed by atoms with Crippen LogP contribution in [-0.4, -0.2) is 46.6 Å². The first kappa shape index (κ1) is 14.8. The summed E-state index contributed by atoms with van der Waals surface area (Å²) in [6, 6.07) is -0.260. The molecular formula is C13H25NO2S. The van der Waals surface area contributed by atoms with Gasteiger partial charge < -0.3 is 5.11 Å². The summed E-state index contributed by atoms with van der Waals surface area (Å²) in [5.74, 6) is 1.84. The highest BCUT2D eigenvalue weighted by molar-refractivity contribution is 7.99. The summed E-state index contributed by atoms with van der Waals surface area (Å²) in [4.78, 5) is 13.4. The Kier molecular flexibility index (Phi) is 6.97. The molecule has 0 aliphatic carbocycles. The molecule has 2 unspecified atom stereocenters. The molecule has 1 fully saturated rings. The molecule has 0 bridgehead atoms. The molecule has 2 atom stereocenters. The summed E-state index contributed by atoms with van der Waals surface area (Å²) >= 11 is 1.77. The summed E-state index contributed by atoms with van der Waals surface area (Å²) in [5, 5.41) is 9.22. The molecule has 1 heterocycles. The van der Waals surface area contributed by atoms with Crippen molar-refractivity contribution in [3.05, 3.63) is 0 Å². The summed E-state index contributed by atoms with van der Waals surface area (Å²) in [6.45, 7) is 6.33. The van der Waals surface area contributed by atoms with Crippen molar-refractivity contribution in [3.8, 4) is 0 Å². The molecule has 0 aromatic rings.